The monoisotopic (exact) mass is 337 g/mol. The van der Waals surface area contributed by atoms with E-state index in [9.17, 15) is 9.50 Å². The van der Waals surface area contributed by atoms with Crippen LogP contribution in [0.2, 0.25) is 5.02 Å². The maximum Gasteiger partial charge on any atom is 0.125 e. The van der Waals surface area contributed by atoms with Crippen LogP contribution in [0.3, 0.4) is 0 Å². The van der Waals surface area contributed by atoms with Gasteiger partial charge in [-0.05, 0) is 40.9 Å². The highest BCUT2D eigenvalue weighted by atomic mass is 79.9. The maximum atomic E-state index is 13.1. The molecule has 102 valence electrons. The topological polar surface area (TPSA) is 32.3 Å². The number of anilines is 1. The first-order chi connectivity index (χ1) is 8.48. The Morgan fingerprint density at radius 2 is 2.00 bits per heavy atom. The van der Waals surface area contributed by atoms with Crippen LogP contribution >= 0.6 is 27.5 Å². The molecule has 2 N–H and O–H groups in total. The summed E-state index contributed by atoms with van der Waals surface area (Å²) in [6, 6.07) is 2.64. The second-order valence-electron chi connectivity index (χ2n) is 4.46. The molecule has 0 atom stereocenters. The van der Waals surface area contributed by atoms with Gasteiger partial charge >= 0.3 is 0 Å². The van der Waals surface area contributed by atoms with Gasteiger partial charge in [-0.3, -0.25) is 0 Å². The van der Waals surface area contributed by atoms with Crippen LogP contribution in [0.4, 0.5) is 10.1 Å². The normalized spacial score (nSPS) is 11.7. The largest absolute Gasteiger partial charge is 0.396 e. The molecule has 0 aliphatic heterocycles. The van der Waals surface area contributed by atoms with Crippen LogP contribution in [0, 0.1) is 11.2 Å². The van der Waals surface area contributed by atoms with Crippen molar-refractivity contribution in [2.45, 2.75) is 26.7 Å². The summed E-state index contributed by atoms with van der Waals surface area (Å²) in [6.07, 6.45) is 1.73. The average Bonchev–Trinajstić information content (AvgIpc) is 2.33. The summed E-state index contributed by atoms with van der Waals surface area (Å²) in [7, 11) is 0. The third-order valence-electron chi connectivity index (χ3n) is 3.48. The standard InChI is InChI=1S/C13H18BrClFNO/c1-3-13(4-2,8-18)7-17-12-10(14)5-9(16)6-11(12)15/h5-6,17-18H,3-4,7-8H2,1-2H3. The lowest BCUT2D eigenvalue weighted by Gasteiger charge is -2.30. The number of aliphatic hydroxyl groups excluding tert-OH is 1. The van der Waals surface area contributed by atoms with Gasteiger partial charge in [-0.15, -0.1) is 0 Å². The number of nitrogens with one attached hydrogen (secondary N) is 1. The van der Waals surface area contributed by atoms with Gasteiger partial charge in [0, 0.05) is 16.4 Å². The van der Waals surface area contributed by atoms with Crippen molar-refractivity contribution >= 4 is 33.2 Å². The third kappa shape index (κ3) is 3.59. The van der Waals surface area contributed by atoms with Gasteiger partial charge < -0.3 is 10.4 Å². The molecule has 0 saturated heterocycles. The Bertz CT molecular complexity index is 379. The van der Waals surface area contributed by atoms with E-state index in [2.05, 4.69) is 21.2 Å². The van der Waals surface area contributed by atoms with E-state index >= 15 is 0 Å². The summed E-state index contributed by atoms with van der Waals surface area (Å²) in [5, 5.41) is 13.0. The fourth-order valence-electron chi connectivity index (χ4n) is 1.77. The van der Waals surface area contributed by atoms with Gasteiger partial charge in [0.15, 0.2) is 0 Å². The highest BCUT2D eigenvalue weighted by molar-refractivity contribution is 9.10. The Hall–Kier alpha value is -0.320. The Balaban J connectivity index is 2.86. The molecule has 0 unspecified atom stereocenters. The third-order valence-corrected chi connectivity index (χ3v) is 4.41. The fourth-order valence-corrected chi connectivity index (χ4v) is 2.73. The van der Waals surface area contributed by atoms with Crippen molar-refractivity contribution in [2.75, 3.05) is 18.5 Å². The van der Waals surface area contributed by atoms with E-state index in [0.29, 0.717) is 21.7 Å². The van der Waals surface area contributed by atoms with Crippen LogP contribution < -0.4 is 5.32 Å². The first-order valence-corrected chi connectivity index (χ1v) is 7.14. The van der Waals surface area contributed by atoms with Gasteiger partial charge in [0.2, 0.25) is 0 Å². The molecule has 0 heterocycles. The molecule has 1 aromatic rings. The van der Waals surface area contributed by atoms with Crippen LogP contribution in [-0.4, -0.2) is 18.3 Å². The van der Waals surface area contributed by atoms with E-state index in [1.165, 1.54) is 12.1 Å². The van der Waals surface area contributed by atoms with Crippen molar-refractivity contribution in [3.05, 3.63) is 27.4 Å². The SMILES string of the molecule is CCC(CC)(CO)CNc1c(Cl)cc(F)cc1Br. The molecular weight excluding hydrogens is 321 g/mol. The van der Waals surface area contributed by atoms with Gasteiger partial charge in [-0.1, -0.05) is 25.4 Å². The van der Waals surface area contributed by atoms with E-state index in [0.717, 1.165) is 12.8 Å². The zero-order chi connectivity index (χ0) is 13.8. The Kier molecular flexibility index (Phi) is 5.89. The highest BCUT2D eigenvalue weighted by Crippen LogP contribution is 2.34. The van der Waals surface area contributed by atoms with Crippen LogP contribution in [0.15, 0.2) is 16.6 Å². The molecule has 0 amide bonds. The Morgan fingerprint density at radius 1 is 1.39 bits per heavy atom. The molecule has 2 nitrogen and oxygen atoms in total. The van der Waals surface area contributed by atoms with E-state index in [1.54, 1.807) is 0 Å². The van der Waals surface area contributed by atoms with Crippen LogP contribution in [0.5, 0.6) is 0 Å². The summed E-state index contributed by atoms with van der Waals surface area (Å²) in [5.41, 5.74) is 0.495. The van der Waals surface area contributed by atoms with E-state index in [4.69, 9.17) is 11.6 Å². The lowest BCUT2D eigenvalue weighted by Crippen LogP contribution is -2.32. The summed E-state index contributed by atoms with van der Waals surface area (Å²) in [6.45, 7) is 4.80. The lowest BCUT2D eigenvalue weighted by molar-refractivity contribution is 0.127. The predicted octanol–water partition coefficient (Wildman–Crippen LogP) is 4.45. The van der Waals surface area contributed by atoms with Gasteiger partial charge in [0.1, 0.15) is 5.82 Å². The second kappa shape index (κ2) is 6.73. The number of benzene rings is 1. The van der Waals surface area contributed by atoms with Crippen LogP contribution in [0.1, 0.15) is 26.7 Å². The molecule has 0 radical (unpaired) electrons. The van der Waals surface area contributed by atoms with Crippen LogP contribution in [-0.2, 0) is 0 Å². The fraction of sp³-hybridized carbons (Fsp3) is 0.538. The first kappa shape index (κ1) is 15.7. The maximum absolute atomic E-state index is 13.1. The molecule has 18 heavy (non-hydrogen) atoms. The zero-order valence-electron chi connectivity index (χ0n) is 10.6. The van der Waals surface area contributed by atoms with Gasteiger partial charge in [-0.2, -0.15) is 0 Å². The second-order valence-corrected chi connectivity index (χ2v) is 5.72. The molecule has 5 heteroatoms. The summed E-state index contributed by atoms with van der Waals surface area (Å²) < 4.78 is 13.7. The van der Waals surface area contributed by atoms with Crippen molar-refractivity contribution in [2.24, 2.45) is 5.41 Å². The van der Waals surface area contributed by atoms with Gasteiger partial charge in [0.25, 0.3) is 0 Å². The molecule has 0 spiro atoms. The summed E-state index contributed by atoms with van der Waals surface area (Å²) in [4.78, 5) is 0. The molecular formula is C13H18BrClFNO. The molecule has 0 bridgehead atoms. The first-order valence-electron chi connectivity index (χ1n) is 5.97. The van der Waals surface area contributed by atoms with Crippen molar-refractivity contribution in [1.82, 2.24) is 0 Å². The molecule has 0 saturated carbocycles. The van der Waals surface area contributed by atoms with Crippen molar-refractivity contribution < 1.29 is 9.50 Å². The van der Waals surface area contributed by atoms with E-state index < -0.39 is 0 Å². The number of halogens is 3. The Morgan fingerprint density at radius 3 is 2.44 bits per heavy atom. The molecule has 0 aliphatic rings. The summed E-state index contributed by atoms with van der Waals surface area (Å²) in [5.74, 6) is -0.378. The molecule has 0 fully saturated rings. The zero-order valence-corrected chi connectivity index (χ0v) is 12.9. The van der Waals surface area contributed by atoms with Crippen molar-refractivity contribution in [3.63, 3.8) is 0 Å². The highest BCUT2D eigenvalue weighted by Gasteiger charge is 2.25. The number of hydrogen-bond acceptors (Lipinski definition) is 2. The molecule has 0 aliphatic carbocycles. The quantitative estimate of drug-likeness (QED) is 0.803. The molecule has 0 aromatic heterocycles. The molecule has 1 aromatic carbocycles. The predicted molar refractivity (Wildman–Crippen MR) is 77.7 cm³/mol. The number of hydrogen-bond donors (Lipinski definition) is 2. The minimum atomic E-state index is -0.378. The number of rotatable bonds is 6. The molecule has 1 rings (SSSR count). The van der Waals surface area contributed by atoms with Crippen molar-refractivity contribution in [3.8, 4) is 0 Å². The number of aliphatic hydroxyl groups is 1. The lowest BCUT2D eigenvalue weighted by atomic mass is 9.83. The van der Waals surface area contributed by atoms with E-state index in [-0.39, 0.29) is 17.8 Å². The Labute approximate surface area is 121 Å². The van der Waals surface area contributed by atoms with Gasteiger partial charge in [0.05, 0.1) is 17.3 Å². The smallest absolute Gasteiger partial charge is 0.125 e. The minimum Gasteiger partial charge on any atom is -0.396 e. The minimum absolute atomic E-state index is 0.115. The van der Waals surface area contributed by atoms with E-state index in [1.807, 2.05) is 13.8 Å². The summed E-state index contributed by atoms with van der Waals surface area (Å²) >= 11 is 9.28. The van der Waals surface area contributed by atoms with Gasteiger partial charge in [-0.25, -0.2) is 4.39 Å². The van der Waals surface area contributed by atoms with Crippen molar-refractivity contribution in [1.29, 1.82) is 0 Å². The average molecular weight is 339 g/mol. The van der Waals surface area contributed by atoms with Crippen LogP contribution in [0.25, 0.3) is 0 Å².